The lowest BCUT2D eigenvalue weighted by atomic mass is 10.1. The first-order chi connectivity index (χ1) is 10.1. The molecule has 0 aliphatic heterocycles. The monoisotopic (exact) mass is 302 g/mol. The van der Waals surface area contributed by atoms with Gasteiger partial charge < -0.3 is 20.1 Å². The van der Waals surface area contributed by atoms with Crippen molar-refractivity contribution in [2.24, 2.45) is 0 Å². The van der Waals surface area contributed by atoms with Gasteiger partial charge in [-0.1, -0.05) is 39.0 Å². The number of hydrogen-bond acceptors (Lipinski definition) is 4. The van der Waals surface area contributed by atoms with Crippen molar-refractivity contribution in [3.8, 4) is 0 Å². The number of rotatable bonds is 11. The molecule has 0 atom stereocenters. The van der Waals surface area contributed by atoms with Gasteiger partial charge in [0.25, 0.3) is 0 Å². The van der Waals surface area contributed by atoms with Crippen molar-refractivity contribution in [2.45, 2.75) is 65.4 Å². The third kappa shape index (κ3) is 14.8. The Morgan fingerprint density at radius 1 is 0.905 bits per heavy atom. The fraction of sp³-hybridized carbons (Fsp3) is 0.867. The van der Waals surface area contributed by atoms with E-state index >= 15 is 0 Å². The van der Waals surface area contributed by atoms with Crippen LogP contribution in [-0.2, 0) is 9.47 Å². The molecule has 0 radical (unpaired) electrons. The summed E-state index contributed by atoms with van der Waals surface area (Å²) in [6.45, 7) is 6.74. The third-order valence-electron chi connectivity index (χ3n) is 2.75. The van der Waals surface area contributed by atoms with Gasteiger partial charge in [-0.2, -0.15) is 0 Å². The summed E-state index contributed by atoms with van der Waals surface area (Å²) in [5, 5.41) is 5.19. The van der Waals surface area contributed by atoms with Gasteiger partial charge in [-0.25, -0.2) is 9.59 Å². The number of unbranched alkanes of at least 4 members (excludes halogenated alkanes) is 5. The van der Waals surface area contributed by atoms with Crippen LogP contribution >= 0.6 is 0 Å². The molecule has 6 heteroatoms. The second kappa shape index (κ2) is 13.5. The molecule has 0 bridgehead atoms. The van der Waals surface area contributed by atoms with Crippen molar-refractivity contribution in [3.63, 3.8) is 0 Å². The Balaban J connectivity index is 3.33. The van der Waals surface area contributed by atoms with E-state index in [1.807, 2.05) is 0 Å². The Labute approximate surface area is 127 Å². The first-order valence-electron chi connectivity index (χ1n) is 7.91. The highest BCUT2D eigenvalue weighted by Crippen LogP contribution is 2.03. The van der Waals surface area contributed by atoms with Gasteiger partial charge in [0.2, 0.25) is 0 Å². The van der Waals surface area contributed by atoms with Crippen molar-refractivity contribution in [3.05, 3.63) is 0 Å². The molecule has 0 aromatic carbocycles. The van der Waals surface area contributed by atoms with E-state index in [0.29, 0.717) is 6.54 Å². The first-order valence-corrected chi connectivity index (χ1v) is 7.91. The predicted octanol–water partition coefficient (Wildman–Crippen LogP) is 3.21. The van der Waals surface area contributed by atoms with Crippen LogP contribution in [0.25, 0.3) is 0 Å². The molecule has 0 rings (SSSR count). The minimum Gasteiger partial charge on any atom is -0.448 e. The third-order valence-corrected chi connectivity index (χ3v) is 2.75. The highest BCUT2D eigenvalue weighted by Gasteiger charge is 2.05. The summed E-state index contributed by atoms with van der Waals surface area (Å²) in [5.74, 6) is 0. The van der Waals surface area contributed by atoms with Gasteiger partial charge in [0.05, 0.1) is 12.6 Å². The molecule has 21 heavy (non-hydrogen) atoms. The number of alkyl carbamates (subject to hydrolysis) is 2. The van der Waals surface area contributed by atoms with Gasteiger partial charge in [0.1, 0.15) is 6.61 Å². The summed E-state index contributed by atoms with van der Waals surface area (Å²) < 4.78 is 9.79. The van der Waals surface area contributed by atoms with E-state index in [9.17, 15) is 9.59 Å². The lowest BCUT2D eigenvalue weighted by Gasteiger charge is -2.10. The Morgan fingerprint density at radius 2 is 1.52 bits per heavy atom. The molecule has 2 N–H and O–H groups in total. The minimum atomic E-state index is -0.499. The maximum atomic E-state index is 11.3. The summed E-state index contributed by atoms with van der Waals surface area (Å²) in [6, 6.07) is 0. The lowest BCUT2D eigenvalue weighted by molar-refractivity contribution is 0.110. The normalized spacial score (nSPS) is 10.3. The second-order valence-electron chi connectivity index (χ2n) is 5.21. The molecular weight excluding hydrogens is 272 g/mol. The van der Waals surface area contributed by atoms with Gasteiger partial charge in [0.15, 0.2) is 0 Å². The maximum absolute atomic E-state index is 11.3. The topological polar surface area (TPSA) is 76.7 Å². The quantitative estimate of drug-likeness (QED) is 0.575. The number of nitrogens with one attached hydrogen (secondary N) is 2. The van der Waals surface area contributed by atoms with Gasteiger partial charge in [0, 0.05) is 6.54 Å². The van der Waals surface area contributed by atoms with Crippen LogP contribution in [0.2, 0.25) is 0 Å². The van der Waals surface area contributed by atoms with Gasteiger partial charge >= 0.3 is 12.2 Å². The van der Waals surface area contributed by atoms with Crippen LogP contribution in [0.4, 0.5) is 9.59 Å². The SMILES string of the molecule is CCCCCCCCNC(=O)OCCNC(=O)OC(C)C. The molecule has 0 fully saturated rings. The summed E-state index contributed by atoms with van der Waals surface area (Å²) >= 11 is 0. The van der Waals surface area contributed by atoms with E-state index in [-0.39, 0.29) is 19.3 Å². The van der Waals surface area contributed by atoms with Crippen LogP contribution in [0, 0.1) is 0 Å². The Morgan fingerprint density at radius 3 is 2.19 bits per heavy atom. The molecule has 0 saturated heterocycles. The fourth-order valence-electron chi connectivity index (χ4n) is 1.70. The molecule has 0 unspecified atom stereocenters. The molecule has 6 nitrogen and oxygen atoms in total. The molecule has 0 saturated carbocycles. The van der Waals surface area contributed by atoms with E-state index in [1.165, 1.54) is 25.7 Å². The lowest BCUT2D eigenvalue weighted by Crippen LogP contribution is -2.32. The summed E-state index contributed by atoms with van der Waals surface area (Å²) in [4.78, 5) is 22.5. The van der Waals surface area contributed by atoms with Crippen molar-refractivity contribution in [1.29, 1.82) is 0 Å². The van der Waals surface area contributed by atoms with E-state index in [4.69, 9.17) is 9.47 Å². The predicted molar refractivity (Wildman–Crippen MR) is 82.3 cm³/mol. The van der Waals surface area contributed by atoms with Crippen molar-refractivity contribution < 1.29 is 19.1 Å². The van der Waals surface area contributed by atoms with E-state index in [0.717, 1.165) is 12.8 Å². The Bertz CT molecular complexity index is 283. The summed E-state index contributed by atoms with van der Waals surface area (Å²) in [6.07, 6.45) is 5.99. The van der Waals surface area contributed by atoms with Gasteiger partial charge in [-0.05, 0) is 20.3 Å². The van der Waals surface area contributed by atoms with Crippen molar-refractivity contribution in [1.82, 2.24) is 10.6 Å². The number of carbonyl (C=O) groups excluding carboxylic acids is 2. The second-order valence-corrected chi connectivity index (χ2v) is 5.21. The van der Waals surface area contributed by atoms with Gasteiger partial charge in [-0.15, -0.1) is 0 Å². The molecule has 0 spiro atoms. The first kappa shape index (κ1) is 19.5. The fourth-order valence-corrected chi connectivity index (χ4v) is 1.70. The average molecular weight is 302 g/mol. The Hall–Kier alpha value is -1.46. The molecule has 0 aliphatic rings. The van der Waals surface area contributed by atoms with E-state index in [1.54, 1.807) is 13.8 Å². The van der Waals surface area contributed by atoms with Crippen molar-refractivity contribution in [2.75, 3.05) is 19.7 Å². The molecule has 124 valence electrons. The van der Waals surface area contributed by atoms with Crippen LogP contribution in [0.15, 0.2) is 0 Å². The maximum Gasteiger partial charge on any atom is 0.407 e. The number of amides is 2. The number of ether oxygens (including phenoxy) is 2. The zero-order valence-electron chi connectivity index (χ0n) is 13.6. The smallest absolute Gasteiger partial charge is 0.407 e. The summed E-state index contributed by atoms with van der Waals surface area (Å²) in [5.41, 5.74) is 0. The zero-order valence-corrected chi connectivity index (χ0v) is 13.6. The van der Waals surface area contributed by atoms with Crippen molar-refractivity contribution >= 4 is 12.2 Å². The molecule has 0 aliphatic carbocycles. The minimum absolute atomic E-state index is 0.134. The molecule has 0 aromatic rings. The van der Waals surface area contributed by atoms with E-state index < -0.39 is 12.2 Å². The standard InChI is InChI=1S/C15H30N2O4/c1-4-5-6-7-8-9-10-16-14(18)20-12-11-17-15(19)21-13(2)3/h13H,4-12H2,1-3H3,(H,16,18)(H,17,19). The highest BCUT2D eigenvalue weighted by atomic mass is 16.6. The van der Waals surface area contributed by atoms with Gasteiger partial charge in [-0.3, -0.25) is 0 Å². The zero-order chi connectivity index (χ0) is 15.9. The Kier molecular flexibility index (Phi) is 12.6. The molecule has 0 heterocycles. The van der Waals surface area contributed by atoms with Crippen LogP contribution < -0.4 is 10.6 Å². The summed E-state index contributed by atoms with van der Waals surface area (Å²) in [7, 11) is 0. The number of carbonyl (C=O) groups is 2. The van der Waals surface area contributed by atoms with Crippen LogP contribution in [0.5, 0.6) is 0 Å². The molecular formula is C15H30N2O4. The average Bonchev–Trinajstić information content (AvgIpc) is 2.42. The van der Waals surface area contributed by atoms with Crippen LogP contribution in [-0.4, -0.2) is 38.0 Å². The largest absolute Gasteiger partial charge is 0.448 e. The van der Waals surface area contributed by atoms with Crippen LogP contribution in [0.1, 0.15) is 59.3 Å². The highest BCUT2D eigenvalue weighted by molar-refractivity contribution is 5.68. The number of hydrogen-bond donors (Lipinski definition) is 2. The molecule has 0 aromatic heterocycles. The van der Waals surface area contributed by atoms with E-state index in [2.05, 4.69) is 17.6 Å². The molecule has 2 amide bonds. The van der Waals surface area contributed by atoms with Crippen LogP contribution in [0.3, 0.4) is 0 Å².